The number of hydrogen-bond acceptors (Lipinski definition) is 3. The van der Waals surface area contributed by atoms with E-state index in [2.05, 4.69) is 10.4 Å². The summed E-state index contributed by atoms with van der Waals surface area (Å²) in [5.41, 5.74) is 0. The number of thioether (sulfide) groups is 1. The number of rotatable bonds is 5. The first-order valence-corrected chi connectivity index (χ1v) is 7.99. The molecule has 0 aliphatic heterocycles. The molecule has 2 rings (SSSR count). The maximum absolute atomic E-state index is 12.3. The molecule has 4 nitrogen and oxygen atoms in total. The van der Waals surface area contributed by atoms with Crippen molar-refractivity contribution in [3.05, 3.63) is 41.6 Å². The normalized spacial score (nSPS) is 12.4. The fourth-order valence-electron chi connectivity index (χ4n) is 1.82. The van der Waals surface area contributed by atoms with Crippen LogP contribution < -0.4 is 5.32 Å². The fourth-order valence-corrected chi connectivity index (χ4v) is 2.82. The van der Waals surface area contributed by atoms with Gasteiger partial charge in [-0.25, -0.2) is 4.68 Å². The van der Waals surface area contributed by atoms with E-state index in [1.54, 1.807) is 16.9 Å². The lowest BCUT2D eigenvalue weighted by molar-refractivity contribution is -0.115. The van der Waals surface area contributed by atoms with E-state index in [9.17, 15) is 4.79 Å². The lowest BCUT2D eigenvalue weighted by Gasteiger charge is -2.15. The van der Waals surface area contributed by atoms with E-state index in [0.29, 0.717) is 5.02 Å². The van der Waals surface area contributed by atoms with Gasteiger partial charge in [0.25, 0.3) is 0 Å². The Balaban J connectivity index is 1.99. The first-order valence-electron chi connectivity index (χ1n) is 6.74. The van der Waals surface area contributed by atoms with Gasteiger partial charge in [-0.15, -0.1) is 11.8 Å². The van der Waals surface area contributed by atoms with Crippen molar-refractivity contribution >= 4 is 35.1 Å². The van der Waals surface area contributed by atoms with Crippen LogP contribution >= 0.6 is 23.4 Å². The number of carbonyl (C=O) groups excluding carboxylic acids is 1. The van der Waals surface area contributed by atoms with Crippen LogP contribution in [0.1, 0.15) is 26.8 Å². The second kappa shape index (κ2) is 7.00. The van der Waals surface area contributed by atoms with Gasteiger partial charge in [-0.1, -0.05) is 11.6 Å². The topological polar surface area (TPSA) is 46.9 Å². The molecular formula is C15H18ClN3OS. The van der Waals surface area contributed by atoms with Gasteiger partial charge in [0.05, 0.1) is 11.4 Å². The zero-order valence-electron chi connectivity index (χ0n) is 12.2. The summed E-state index contributed by atoms with van der Waals surface area (Å²) >= 11 is 7.35. The summed E-state index contributed by atoms with van der Waals surface area (Å²) in [4.78, 5) is 13.3. The molecule has 0 saturated heterocycles. The monoisotopic (exact) mass is 323 g/mol. The zero-order valence-corrected chi connectivity index (χ0v) is 13.8. The first-order chi connectivity index (χ1) is 9.97. The average Bonchev–Trinajstić information content (AvgIpc) is 2.89. The van der Waals surface area contributed by atoms with Gasteiger partial charge in [0.15, 0.2) is 0 Å². The van der Waals surface area contributed by atoms with E-state index in [0.717, 1.165) is 10.7 Å². The van der Waals surface area contributed by atoms with Crippen molar-refractivity contribution in [2.24, 2.45) is 0 Å². The predicted octanol–water partition coefficient (Wildman–Crippen LogP) is 4.24. The smallest absolute Gasteiger partial charge is 0.238 e. The van der Waals surface area contributed by atoms with Gasteiger partial charge in [0, 0.05) is 22.0 Å². The largest absolute Gasteiger partial charge is 0.310 e. The highest BCUT2D eigenvalue weighted by Gasteiger charge is 2.17. The van der Waals surface area contributed by atoms with Crippen LogP contribution in [-0.2, 0) is 4.79 Å². The summed E-state index contributed by atoms with van der Waals surface area (Å²) in [6.45, 7) is 5.92. The van der Waals surface area contributed by atoms with Crippen molar-refractivity contribution in [2.45, 2.75) is 37.0 Å². The second-order valence-electron chi connectivity index (χ2n) is 4.96. The van der Waals surface area contributed by atoms with Crippen LogP contribution in [0.3, 0.4) is 0 Å². The Kier molecular flexibility index (Phi) is 5.31. The van der Waals surface area contributed by atoms with Gasteiger partial charge >= 0.3 is 0 Å². The number of benzene rings is 1. The molecule has 0 aliphatic carbocycles. The Hall–Kier alpha value is -1.46. The van der Waals surface area contributed by atoms with Gasteiger partial charge in [-0.05, 0) is 45.0 Å². The number of hydrogen-bond donors (Lipinski definition) is 1. The molecule has 0 saturated carbocycles. The Morgan fingerprint density at radius 2 is 1.90 bits per heavy atom. The summed E-state index contributed by atoms with van der Waals surface area (Å²) in [5.74, 6) is 0.677. The molecule has 6 heteroatoms. The highest BCUT2D eigenvalue weighted by atomic mass is 35.5. The maximum atomic E-state index is 12.3. The van der Waals surface area contributed by atoms with Crippen LogP contribution in [0.2, 0.25) is 5.02 Å². The van der Waals surface area contributed by atoms with Gasteiger partial charge < -0.3 is 5.32 Å². The van der Waals surface area contributed by atoms with Crippen molar-refractivity contribution in [2.75, 3.05) is 5.32 Å². The quantitative estimate of drug-likeness (QED) is 0.837. The van der Waals surface area contributed by atoms with Crippen LogP contribution in [0.5, 0.6) is 0 Å². The zero-order chi connectivity index (χ0) is 15.4. The number of nitrogens with zero attached hydrogens (tertiary/aromatic N) is 2. The van der Waals surface area contributed by atoms with Gasteiger partial charge in [0.1, 0.15) is 5.82 Å². The molecule has 1 heterocycles. The molecule has 1 N–H and O–H groups in total. The van der Waals surface area contributed by atoms with E-state index >= 15 is 0 Å². The maximum Gasteiger partial charge on any atom is 0.238 e. The van der Waals surface area contributed by atoms with Crippen LogP contribution in [-0.4, -0.2) is 20.9 Å². The van der Waals surface area contributed by atoms with Crippen LogP contribution in [0.25, 0.3) is 0 Å². The minimum absolute atomic E-state index is 0.0441. The molecule has 1 amide bonds. The average molecular weight is 324 g/mol. The van der Waals surface area contributed by atoms with E-state index in [1.807, 2.05) is 45.0 Å². The lowest BCUT2D eigenvalue weighted by atomic mass is 10.4. The van der Waals surface area contributed by atoms with Crippen molar-refractivity contribution in [3.8, 4) is 0 Å². The first kappa shape index (κ1) is 15.9. The minimum atomic E-state index is -0.207. The molecule has 1 atom stereocenters. The Bertz CT molecular complexity index is 610. The second-order valence-corrected chi connectivity index (χ2v) is 6.81. The Labute approximate surface area is 133 Å². The molecule has 21 heavy (non-hydrogen) atoms. The van der Waals surface area contributed by atoms with Crippen LogP contribution in [0.15, 0.2) is 41.4 Å². The molecule has 112 valence electrons. The van der Waals surface area contributed by atoms with Crippen molar-refractivity contribution in [3.63, 3.8) is 0 Å². The molecule has 0 bridgehead atoms. The third-order valence-corrected chi connectivity index (χ3v) is 4.27. The fraction of sp³-hybridized carbons (Fsp3) is 0.333. The third kappa shape index (κ3) is 4.25. The highest BCUT2D eigenvalue weighted by molar-refractivity contribution is 8.00. The molecule has 0 unspecified atom stereocenters. The number of amides is 1. The Morgan fingerprint density at radius 1 is 1.24 bits per heavy atom. The van der Waals surface area contributed by atoms with E-state index < -0.39 is 0 Å². The SMILES string of the molecule is CC(C)n1nccc1NC(=O)[C@H](C)Sc1ccc(Cl)cc1. The number of carbonyl (C=O) groups is 1. The van der Waals surface area contributed by atoms with E-state index in [-0.39, 0.29) is 17.2 Å². The molecule has 0 spiro atoms. The number of aromatic nitrogens is 2. The summed E-state index contributed by atoms with van der Waals surface area (Å²) in [6, 6.07) is 9.47. The van der Waals surface area contributed by atoms with E-state index in [4.69, 9.17) is 11.6 Å². The molecule has 0 aliphatic rings. The molecule has 2 aromatic rings. The molecular weight excluding hydrogens is 306 g/mol. The molecule has 0 fully saturated rings. The van der Waals surface area contributed by atoms with Crippen LogP contribution in [0.4, 0.5) is 5.82 Å². The third-order valence-electron chi connectivity index (χ3n) is 2.91. The molecule has 0 radical (unpaired) electrons. The van der Waals surface area contributed by atoms with E-state index in [1.165, 1.54) is 11.8 Å². The highest BCUT2D eigenvalue weighted by Crippen LogP contribution is 2.25. The van der Waals surface area contributed by atoms with Gasteiger partial charge in [-0.3, -0.25) is 4.79 Å². The standard InChI is InChI=1S/C15H18ClN3OS/c1-10(2)19-14(8-9-17-19)18-15(20)11(3)21-13-6-4-12(16)5-7-13/h4-11H,1-3H3,(H,18,20)/t11-/m0/s1. The minimum Gasteiger partial charge on any atom is -0.310 e. The van der Waals surface area contributed by atoms with Gasteiger partial charge in [-0.2, -0.15) is 5.10 Å². The molecule has 1 aromatic heterocycles. The van der Waals surface area contributed by atoms with Crippen molar-refractivity contribution in [1.82, 2.24) is 9.78 Å². The summed E-state index contributed by atoms with van der Waals surface area (Å²) in [6.07, 6.45) is 1.69. The van der Waals surface area contributed by atoms with Crippen molar-refractivity contribution < 1.29 is 4.79 Å². The summed E-state index contributed by atoms with van der Waals surface area (Å²) in [5, 5.41) is 7.61. The predicted molar refractivity (Wildman–Crippen MR) is 88.0 cm³/mol. The molecule has 1 aromatic carbocycles. The summed E-state index contributed by atoms with van der Waals surface area (Å²) in [7, 11) is 0. The van der Waals surface area contributed by atoms with Gasteiger partial charge in [0.2, 0.25) is 5.91 Å². The number of nitrogens with one attached hydrogen (secondary N) is 1. The lowest BCUT2D eigenvalue weighted by Crippen LogP contribution is -2.24. The number of halogens is 1. The summed E-state index contributed by atoms with van der Waals surface area (Å²) < 4.78 is 1.79. The van der Waals surface area contributed by atoms with Crippen LogP contribution in [0, 0.1) is 0 Å². The van der Waals surface area contributed by atoms with Crippen molar-refractivity contribution in [1.29, 1.82) is 0 Å². The Morgan fingerprint density at radius 3 is 2.52 bits per heavy atom. The number of anilines is 1.